The number of esters is 1. The molecule has 4 fully saturated rings. The zero-order valence-electron chi connectivity index (χ0n) is 25.1. The van der Waals surface area contributed by atoms with Crippen molar-refractivity contribution in [2.24, 2.45) is 46.3 Å². The Hall–Kier alpha value is -2.38. The third kappa shape index (κ3) is 5.69. The van der Waals surface area contributed by atoms with Crippen LogP contribution in [0.5, 0.6) is 11.5 Å². The fourth-order valence-corrected chi connectivity index (χ4v) is 9.94. The van der Waals surface area contributed by atoms with Gasteiger partial charge >= 0.3 is 11.9 Å². The van der Waals surface area contributed by atoms with Gasteiger partial charge in [0.05, 0.1) is 19.3 Å². The molecule has 0 heterocycles. The van der Waals surface area contributed by atoms with Crippen molar-refractivity contribution in [2.75, 3.05) is 7.11 Å². The Labute approximate surface area is 244 Å². The lowest BCUT2D eigenvalue weighted by atomic mass is 9.43. The molecule has 0 radical (unpaired) electrons. The molecule has 1 unspecified atom stereocenters. The second kappa shape index (κ2) is 11.7. The second-order valence-electron chi connectivity index (χ2n) is 14.0. The van der Waals surface area contributed by atoms with Gasteiger partial charge in [-0.15, -0.1) is 0 Å². The van der Waals surface area contributed by atoms with Gasteiger partial charge in [-0.2, -0.15) is 0 Å². The number of hydrogen-bond donors (Lipinski definition) is 3. The van der Waals surface area contributed by atoms with E-state index in [0.717, 1.165) is 57.4 Å². The number of carbonyl (C=O) groups is 2. The first kappa shape index (κ1) is 30.1. The van der Waals surface area contributed by atoms with Crippen molar-refractivity contribution in [1.29, 1.82) is 0 Å². The van der Waals surface area contributed by atoms with Crippen molar-refractivity contribution in [2.45, 2.75) is 97.2 Å². The number of carboxylic acid groups (broad SMARTS) is 1. The Morgan fingerprint density at radius 3 is 2.49 bits per heavy atom. The summed E-state index contributed by atoms with van der Waals surface area (Å²) in [6, 6.07) is 4.98. The third-order valence-electron chi connectivity index (χ3n) is 12.0. The van der Waals surface area contributed by atoms with Crippen LogP contribution in [0.4, 0.5) is 0 Å². The minimum absolute atomic E-state index is 0.172. The zero-order valence-corrected chi connectivity index (χ0v) is 25.1. The molecule has 0 aromatic heterocycles. The van der Waals surface area contributed by atoms with Crippen LogP contribution in [-0.2, 0) is 9.59 Å². The van der Waals surface area contributed by atoms with Gasteiger partial charge in [0.25, 0.3) is 0 Å². The van der Waals surface area contributed by atoms with Crippen LogP contribution >= 0.6 is 0 Å². The van der Waals surface area contributed by atoms with Crippen LogP contribution in [0.1, 0.15) is 90.5 Å². The van der Waals surface area contributed by atoms with E-state index >= 15 is 0 Å². The lowest BCUT2D eigenvalue weighted by Crippen LogP contribution is -2.58. The maximum atomic E-state index is 12.9. The maximum absolute atomic E-state index is 12.9. The lowest BCUT2D eigenvalue weighted by Gasteiger charge is -2.62. The molecule has 3 N–H and O–H groups in total. The van der Waals surface area contributed by atoms with Gasteiger partial charge in [0.2, 0.25) is 0 Å². The molecule has 0 saturated heterocycles. The highest BCUT2D eigenvalue weighted by Gasteiger charge is 2.62. The summed E-state index contributed by atoms with van der Waals surface area (Å²) in [5.41, 5.74) is 1.04. The van der Waals surface area contributed by atoms with Crippen LogP contribution in [0.2, 0.25) is 0 Å². The second-order valence-corrected chi connectivity index (χ2v) is 14.0. The first-order valence-electron chi connectivity index (χ1n) is 15.6. The van der Waals surface area contributed by atoms with E-state index in [2.05, 4.69) is 20.8 Å². The van der Waals surface area contributed by atoms with Crippen LogP contribution in [-0.4, -0.2) is 46.6 Å². The molecule has 1 aromatic carbocycles. The van der Waals surface area contributed by atoms with E-state index in [1.165, 1.54) is 19.6 Å². The minimum atomic E-state index is -1.04. The molecule has 4 saturated carbocycles. The molecule has 0 aliphatic heterocycles. The number of aliphatic hydroxyl groups excluding tert-OH is 2. The lowest BCUT2D eigenvalue weighted by molar-refractivity contribution is -0.174. The Bertz CT molecular complexity index is 1160. The average molecular weight is 569 g/mol. The molecule has 1 aromatic rings. The van der Waals surface area contributed by atoms with Gasteiger partial charge in [0, 0.05) is 12.5 Å². The molecular formula is C34H48O7. The normalized spacial score (nSPS) is 38.9. The van der Waals surface area contributed by atoms with Crippen LogP contribution in [0.25, 0.3) is 6.08 Å². The van der Waals surface area contributed by atoms with Crippen molar-refractivity contribution in [3.8, 4) is 11.5 Å². The van der Waals surface area contributed by atoms with Gasteiger partial charge in [0.1, 0.15) is 0 Å². The molecule has 7 nitrogen and oxygen atoms in total. The quantitative estimate of drug-likeness (QED) is 0.197. The number of benzene rings is 1. The molecule has 41 heavy (non-hydrogen) atoms. The number of ether oxygens (including phenoxy) is 2. The van der Waals surface area contributed by atoms with Gasteiger partial charge in [-0.05, 0) is 128 Å². The van der Waals surface area contributed by atoms with Crippen LogP contribution in [0.3, 0.4) is 0 Å². The standard InChI is InChI=1S/C34H48O7/c1-20(5-12-31(39)41-28-10-6-21(7-11-30(37)38)17-29(28)40-4)24-8-9-25-32-26(14-16-34(24,25)3)33(2)15-13-23(35)18-22(33)19-27(32)36/h6-7,10-11,17,20,22-27,32,35-36H,5,8-9,12-16,18-19H2,1-4H3,(H,37,38)/b11-7+/t20-,22+,23-,24-,25+,26?,27-,32+,33+,34-/m1/s1. The van der Waals surface area contributed by atoms with Crippen molar-refractivity contribution in [3.63, 3.8) is 0 Å². The number of hydrogen-bond acceptors (Lipinski definition) is 6. The number of carboxylic acids is 1. The van der Waals surface area contributed by atoms with Crippen molar-refractivity contribution >= 4 is 18.0 Å². The Morgan fingerprint density at radius 1 is 1.02 bits per heavy atom. The van der Waals surface area contributed by atoms with Crippen LogP contribution in [0.15, 0.2) is 24.3 Å². The summed E-state index contributed by atoms with van der Waals surface area (Å²) in [4.78, 5) is 23.7. The van der Waals surface area contributed by atoms with Crippen LogP contribution < -0.4 is 9.47 Å². The molecule has 4 aliphatic rings. The summed E-state index contributed by atoms with van der Waals surface area (Å²) in [5.74, 6) is 2.08. The number of methoxy groups -OCH3 is 1. The topological polar surface area (TPSA) is 113 Å². The summed E-state index contributed by atoms with van der Waals surface area (Å²) in [5, 5.41) is 30.7. The van der Waals surface area contributed by atoms with E-state index < -0.39 is 5.97 Å². The van der Waals surface area contributed by atoms with Crippen molar-refractivity contribution in [3.05, 3.63) is 29.8 Å². The molecule has 226 valence electrons. The number of rotatable bonds is 8. The van der Waals surface area contributed by atoms with Gasteiger partial charge in [-0.1, -0.05) is 26.8 Å². The number of aliphatic hydroxyl groups is 2. The molecular weight excluding hydrogens is 520 g/mol. The smallest absolute Gasteiger partial charge is 0.328 e. The number of aliphatic carboxylic acids is 1. The predicted octanol–water partition coefficient (Wildman–Crippen LogP) is 6.11. The van der Waals surface area contributed by atoms with E-state index in [1.807, 2.05) is 0 Å². The first-order valence-corrected chi connectivity index (χ1v) is 15.6. The van der Waals surface area contributed by atoms with Gasteiger partial charge in [0.15, 0.2) is 11.5 Å². The minimum Gasteiger partial charge on any atom is -0.493 e. The summed E-state index contributed by atoms with van der Waals surface area (Å²) >= 11 is 0. The first-order chi connectivity index (χ1) is 19.5. The zero-order chi connectivity index (χ0) is 29.5. The van der Waals surface area contributed by atoms with E-state index in [1.54, 1.807) is 18.2 Å². The predicted molar refractivity (Wildman–Crippen MR) is 156 cm³/mol. The number of carbonyl (C=O) groups excluding carboxylic acids is 1. The SMILES string of the molecule is COc1cc(/C=C/C(=O)O)ccc1OC(=O)CC[C@@H](C)[C@H]1CC[C@H]2[C@H]3C(CC[C@]12C)[C@@]1(C)CC[C@@H](O)C[C@H]1C[C@H]3O. The van der Waals surface area contributed by atoms with Crippen molar-refractivity contribution in [1.82, 2.24) is 0 Å². The molecule has 10 atom stereocenters. The fraction of sp³-hybridized carbons (Fsp3) is 0.706. The van der Waals surface area contributed by atoms with E-state index in [-0.39, 0.29) is 29.0 Å². The Balaban J connectivity index is 1.21. The van der Waals surface area contributed by atoms with Gasteiger partial charge in [-0.25, -0.2) is 4.79 Å². The molecule has 0 amide bonds. The molecule has 0 spiro atoms. The maximum Gasteiger partial charge on any atom is 0.328 e. The van der Waals surface area contributed by atoms with E-state index in [4.69, 9.17) is 14.6 Å². The molecule has 5 rings (SSSR count). The monoisotopic (exact) mass is 568 g/mol. The van der Waals surface area contributed by atoms with Crippen molar-refractivity contribution < 1.29 is 34.4 Å². The third-order valence-corrected chi connectivity index (χ3v) is 12.0. The van der Waals surface area contributed by atoms with Crippen LogP contribution in [0, 0.1) is 46.3 Å². The summed E-state index contributed by atoms with van der Waals surface area (Å²) in [7, 11) is 1.49. The van der Waals surface area contributed by atoms with Gasteiger partial charge < -0.3 is 24.8 Å². The Kier molecular flexibility index (Phi) is 8.60. The molecule has 7 heteroatoms. The average Bonchev–Trinajstić information content (AvgIpc) is 3.29. The molecule has 0 bridgehead atoms. The van der Waals surface area contributed by atoms with Gasteiger partial charge in [-0.3, -0.25) is 4.79 Å². The van der Waals surface area contributed by atoms with E-state index in [0.29, 0.717) is 59.0 Å². The largest absolute Gasteiger partial charge is 0.493 e. The summed E-state index contributed by atoms with van der Waals surface area (Å²) < 4.78 is 11.0. The highest BCUT2D eigenvalue weighted by atomic mass is 16.6. The summed E-state index contributed by atoms with van der Waals surface area (Å²) in [6.07, 6.45) is 11.3. The van der Waals surface area contributed by atoms with E-state index in [9.17, 15) is 19.8 Å². The molecule has 4 aliphatic carbocycles. The highest BCUT2D eigenvalue weighted by Crippen LogP contribution is 2.68. The number of fused-ring (bicyclic) bond motifs is 5. The summed E-state index contributed by atoms with van der Waals surface area (Å²) in [6.45, 7) is 7.18. The Morgan fingerprint density at radius 2 is 1.76 bits per heavy atom. The fourth-order valence-electron chi connectivity index (χ4n) is 9.94. The highest BCUT2D eigenvalue weighted by molar-refractivity contribution is 5.85.